The molecule has 0 fully saturated rings. The smallest absolute Gasteiger partial charge is 0.219 e. The summed E-state index contributed by atoms with van der Waals surface area (Å²) in [7, 11) is 0. The van der Waals surface area contributed by atoms with E-state index in [9.17, 15) is 4.79 Å². The van der Waals surface area contributed by atoms with Gasteiger partial charge in [-0.05, 0) is 17.8 Å². The van der Waals surface area contributed by atoms with E-state index in [0.29, 0.717) is 30.9 Å². The first kappa shape index (κ1) is 15.4. The summed E-state index contributed by atoms with van der Waals surface area (Å²) < 4.78 is 5.50. The van der Waals surface area contributed by atoms with Gasteiger partial charge in [0.25, 0.3) is 0 Å². The fraction of sp³-hybridized carbons (Fsp3) is 0.923. The summed E-state index contributed by atoms with van der Waals surface area (Å²) in [5, 5.41) is 2.79. The Morgan fingerprint density at radius 1 is 1.31 bits per heavy atom. The topological polar surface area (TPSA) is 38.3 Å². The fourth-order valence-corrected chi connectivity index (χ4v) is 1.11. The molecule has 0 aliphatic rings. The van der Waals surface area contributed by atoms with Crippen molar-refractivity contribution in [3.05, 3.63) is 0 Å². The van der Waals surface area contributed by atoms with Crippen LogP contribution in [-0.4, -0.2) is 25.7 Å². The van der Waals surface area contributed by atoms with Crippen LogP contribution in [0.5, 0.6) is 0 Å². The Morgan fingerprint density at radius 2 is 1.94 bits per heavy atom. The SMILES string of the molecule is CCC(=O)NCCOCCC(C)(C)C(C)C. The number of ether oxygens (including phenoxy) is 1. The zero-order chi connectivity index (χ0) is 12.6. The van der Waals surface area contributed by atoms with Gasteiger partial charge in [0.1, 0.15) is 0 Å². The summed E-state index contributed by atoms with van der Waals surface area (Å²) in [5.74, 6) is 0.752. The summed E-state index contributed by atoms with van der Waals surface area (Å²) >= 11 is 0. The highest BCUT2D eigenvalue weighted by atomic mass is 16.5. The van der Waals surface area contributed by atoms with Crippen LogP contribution in [0.15, 0.2) is 0 Å². The maximum Gasteiger partial charge on any atom is 0.219 e. The number of nitrogens with one attached hydrogen (secondary N) is 1. The fourth-order valence-electron chi connectivity index (χ4n) is 1.11. The highest BCUT2D eigenvalue weighted by Gasteiger charge is 2.21. The van der Waals surface area contributed by atoms with Crippen LogP contribution < -0.4 is 5.32 Å². The van der Waals surface area contributed by atoms with Crippen LogP contribution in [0.2, 0.25) is 0 Å². The molecule has 0 aliphatic heterocycles. The molecule has 1 N–H and O–H groups in total. The van der Waals surface area contributed by atoms with Crippen molar-refractivity contribution in [1.29, 1.82) is 0 Å². The Bertz CT molecular complexity index is 200. The zero-order valence-corrected chi connectivity index (χ0v) is 11.4. The molecule has 3 nitrogen and oxygen atoms in total. The third-order valence-corrected chi connectivity index (χ3v) is 3.34. The molecular formula is C13H27NO2. The molecule has 96 valence electrons. The third kappa shape index (κ3) is 6.83. The monoisotopic (exact) mass is 229 g/mol. The van der Waals surface area contributed by atoms with Crippen LogP contribution in [0, 0.1) is 11.3 Å². The van der Waals surface area contributed by atoms with E-state index in [1.54, 1.807) is 0 Å². The lowest BCUT2D eigenvalue weighted by molar-refractivity contribution is -0.121. The Labute approximate surface area is 99.9 Å². The van der Waals surface area contributed by atoms with E-state index >= 15 is 0 Å². The van der Waals surface area contributed by atoms with Crippen molar-refractivity contribution in [2.45, 2.75) is 47.5 Å². The summed E-state index contributed by atoms with van der Waals surface area (Å²) in [4.78, 5) is 10.9. The van der Waals surface area contributed by atoms with Gasteiger partial charge < -0.3 is 10.1 Å². The summed E-state index contributed by atoms with van der Waals surface area (Å²) in [6.07, 6.45) is 1.60. The van der Waals surface area contributed by atoms with Gasteiger partial charge in [0.15, 0.2) is 0 Å². The van der Waals surface area contributed by atoms with Crippen molar-refractivity contribution in [3.63, 3.8) is 0 Å². The molecule has 0 spiro atoms. The highest BCUT2D eigenvalue weighted by Crippen LogP contribution is 2.29. The lowest BCUT2D eigenvalue weighted by atomic mass is 9.79. The van der Waals surface area contributed by atoms with E-state index in [0.717, 1.165) is 13.0 Å². The maximum absolute atomic E-state index is 10.9. The Morgan fingerprint density at radius 3 is 2.44 bits per heavy atom. The molecule has 3 heteroatoms. The first-order valence-corrected chi connectivity index (χ1v) is 6.24. The summed E-state index contributed by atoms with van der Waals surface area (Å²) in [5.41, 5.74) is 0.326. The number of hydrogen-bond acceptors (Lipinski definition) is 2. The maximum atomic E-state index is 10.9. The number of carbonyl (C=O) groups excluding carboxylic acids is 1. The molecular weight excluding hydrogens is 202 g/mol. The Hall–Kier alpha value is -0.570. The highest BCUT2D eigenvalue weighted by molar-refractivity contribution is 5.75. The van der Waals surface area contributed by atoms with Crippen molar-refractivity contribution < 1.29 is 9.53 Å². The predicted octanol–water partition coefficient (Wildman–Crippen LogP) is 2.60. The third-order valence-electron chi connectivity index (χ3n) is 3.34. The molecule has 0 heterocycles. The van der Waals surface area contributed by atoms with E-state index in [4.69, 9.17) is 4.74 Å². The van der Waals surface area contributed by atoms with Gasteiger partial charge in [-0.15, -0.1) is 0 Å². The van der Waals surface area contributed by atoms with E-state index in [1.807, 2.05) is 6.92 Å². The van der Waals surface area contributed by atoms with Crippen molar-refractivity contribution in [2.24, 2.45) is 11.3 Å². The lowest BCUT2D eigenvalue weighted by Crippen LogP contribution is -2.27. The molecule has 16 heavy (non-hydrogen) atoms. The number of amides is 1. The van der Waals surface area contributed by atoms with Crippen molar-refractivity contribution in [2.75, 3.05) is 19.8 Å². The summed E-state index contributed by atoms with van der Waals surface area (Å²) in [6, 6.07) is 0. The minimum Gasteiger partial charge on any atom is -0.380 e. The molecule has 0 aromatic carbocycles. The predicted molar refractivity (Wildman–Crippen MR) is 67.4 cm³/mol. The molecule has 0 aliphatic carbocycles. The van der Waals surface area contributed by atoms with Crippen LogP contribution in [0.25, 0.3) is 0 Å². The molecule has 0 atom stereocenters. The largest absolute Gasteiger partial charge is 0.380 e. The van der Waals surface area contributed by atoms with Gasteiger partial charge in [-0.3, -0.25) is 4.79 Å². The number of carbonyl (C=O) groups is 1. The number of hydrogen-bond donors (Lipinski definition) is 1. The average molecular weight is 229 g/mol. The van der Waals surface area contributed by atoms with Crippen LogP contribution in [0.4, 0.5) is 0 Å². The van der Waals surface area contributed by atoms with Crippen LogP contribution in [-0.2, 0) is 9.53 Å². The van der Waals surface area contributed by atoms with E-state index in [1.165, 1.54) is 0 Å². The molecule has 0 rings (SSSR count). The first-order valence-electron chi connectivity index (χ1n) is 6.24. The van der Waals surface area contributed by atoms with Gasteiger partial charge in [0, 0.05) is 19.6 Å². The normalized spacial score (nSPS) is 11.9. The van der Waals surface area contributed by atoms with Crippen LogP contribution in [0.3, 0.4) is 0 Å². The molecule has 0 aromatic heterocycles. The van der Waals surface area contributed by atoms with E-state index in [2.05, 4.69) is 33.0 Å². The quantitative estimate of drug-likeness (QED) is 0.650. The second-order valence-corrected chi connectivity index (χ2v) is 5.21. The first-order chi connectivity index (χ1) is 7.40. The van der Waals surface area contributed by atoms with Crippen molar-refractivity contribution >= 4 is 5.91 Å². The van der Waals surface area contributed by atoms with Gasteiger partial charge in [-0.25, -0.2) is 0 Å². The van der Waals surface area contributed by atoms with E-state index < -0.39 is 0 Å². The summed E-state index contributed by atoms with van der Waals surface area (Å²) in [6.45, 7) is 12.9. The molecule has 0 aromatic rings. The average Bonchev–Trinajstić information content (AvgIpc) is 2.22. The number of rotatable bonds is 8. The molecule has 0 saturated carbocycles. The molecule has 1 amide bonds. The Kier molecular flexibility index (Phi) is 7.39. The molecule has 0 saturated heterocycles. The van der Waals surface area contributed by atoms with Gasteiger partial charge in [-0.2, -0.15) is 0 Å². The van der Waals surface area contributed by atoms with Crippen LogP contribution >= 0.6 is 0 Å². The van der Waals surface area contributed by atoms with Gasteiger partial charge in [0.05, 0.1) is 6.61 Å². The van der Waals surface area contributed by atoms with Crippen molar-refractivity contribution in [3.8, 4) is 0 Å². The standard InChI is InChI=1S/C13H27NO2/c1-6-12(15)14-8-10-16-9-7-13(4,5)11(2)3/h11H,6-10H2,1-5H3,(H,14,15). The molecule has 0 unspecified atom stereocenters. The van der Waals surface area contributed by atoms with Crippen LogP contribution in [0.1, 0.15) is 47.5 Å². The Balaban J connectivity index is 3.44. The second kappa shape index (κ2) is 7.66. The molecule has 0 bridgehead atoms. The van der Waals surface area contributed by atoms with Crippen molar-refractivity contribution in [1.82, 2.24) is 5.32 Å². The van der Waals surface area contributed by atoms with E-state index in [-0.39, 0.29) is 5.91 Å². The van der Waals surface area contributed by atoms with Gasteiger partial charge in [-0.1, -0.05) is 34.6 Å². The van der Waals surface area contributed by atoms with Gasteiger partial charge >= 0.3 is 0 Å². The van der Waals surface area contributed by atoms with Gasteiger partial charge in [0.2, 0.25) is 5.91 Å². The zero-order valence-electron chi connectivity index (χ0n) is 11.4. The molecule has 0 radical (unpaired) electrons. The second-order valence-electron chi connectivity index (χ2n) is 5.21. The minimum atomic E-state index is 0.0890. The minimum absolute atomic E-state index is 0.0890. The lowest BCUT2D eigenvalue weighted by Gasteiger charge is -2.29.